The molecule has 1 N–H and O–H groups in total. The summed E-state index contributed by atoms with van der Waals surface area (Å²) in [6.45, 7) is 13.9. The van der Waals surface area contributed by atoms with Gasteiger partial charge in [0.25, 0.3) is 0 Å². The minimum Gasteiger partial charge on any atom is -0.512 e. The first-order valence-electron chi connectivity index (χ1n) is 16.1. The van der Waals surface area contributed by atoms with Crippen LogP contribution in [0.1, 0.15) is 89.8 Å². The molecular weight excluding hydrogens is 796 g/mol. The van der Waals surface area contributed by atoms with Crippen molar-refractivity contribution in [1.29, 1.82) is 0 Å². The monoisotopic (exact) mass is 839 g/mol. The Morgan fingerprint density at radius 1 is 0.915 bits per heavy atom. The third-order valence-electron chi connectivity index (χ3n) is 8.88. The Hall–Kier alpha value is -3.06. The number of aliphatic hydroxyl groups is 1. The van der Waals surface area contributed by atoms with E-state index >= 15 is 0 Å². The van der Waals surface area contributed by atoms with Crippen molar-refractivity contribution in [2.45, 2.75) is 86.2 Å². The maximum Gasteiger partial charge on any atom is 0.416 e. The first-order valence-corrected chi connectivity index (χ1v) is 16.9. The molecular formula is C39H43F3IrNO2S-. The fourth-order valence-electron chi connectivity index (χ4n) is 6.04. The Morgan fingerprint density at radius 2 is 1.53 bits per heavy atom. The fraction of sp³-hybridized carbons (Fsp3) is 0.385. The number of aromatic nitrogens is 1. The van der Waals surface area contributed by atoms with Crippen LogP contribution in [0.15, 0.2) is 66.6 Å². The van der Waals surface area contributed by atoms with E-state index < -0.39 is 11.7 Å². The number of ketones is 1. The second-order valence-corrected chi connectivity index (χ2v) is 13.1. The normalized spacial score (nSPS) is 12.2. The van der Waals surface area contributed by atoms with Crippen molar-refractivity contribution in [2.24, 2.45) is 11.8 Å². The van der Waals surface area contributed by atoms with Gasteiger partial charge in [-0.05, 0) is 61.6 Å². The number of benzene rings is 3. The second-order valence-electron chi connectivity index (χ2n) is 12.1. The van der Waals surface area contributed by atoms with Gasteiger partial charge in [-0.3, -0.25) is 9.78 Å². The van der Waals surface area contributed by atoms with Crippen molar-refractivity contribution >= 4 is 48.1 Å². The Kier molecular flexibility index (Phi) is 13.4. The van der Waals surface area contributed by atoms with E-state index in [0.717, 1.165) is 63.2 Å². The molecule has 0 unspecified atom stereocenters. The summed E-state index contributed by atoms with van der Waals surface area (Å²) >= 11 is 1.38. The summed E-state index contributed by atoms with van der Waals surface area (Å²) < 4.78 is 41.8. The fourth-order valence-corrected chi connectivity index (χ4v) is 7.35. The predicted molar refractivity (Wildman–Crippen MR) is 187 cm³/mol. The van der Waals surface area contributed by atoms with Gasteiger partial charge in [0.2, 0.25) is 0 Å². The molecule has 0 aliphatic heterocycles. The number of carbonyl (C=O) groups excluding carboxylic acids is 1. The molecule has 5 aromatic rings. The van der Waals surface area contributed by atoms with Crippen molar-refractivity contribution in [2.75, 3.05) is 0 Å². The minimum atomic E-state index is -4.37. The number of fused-ring (bicyclic) bond motifs is 4. The van der Waals surface area contributed by atoms with E-state index in [0.29, 0.717) is 10.6 Å². The quantitative estimate of drug-likeness (QED) is 0.0914. The number of pyridine rings is 1. The van der Waals surface area contributed by atoms with Crippen LogP contribution in [0, 0.1) is 24.8 Å². The van der Waals surface area contributed by atoms with Gasteiger partial charge >= 0.3 is 6.18 Å². The van der Waals surface area contributed by atoms with E-state index in [1.165, 1.54) is 29.0 Å². The van der Waals surface area contributed by atoms with E-state index in [4.69, 9.17) is 0 Å². The number of carbonyl (C=O) groups is 1. The molecule has 253 valence electrons. The molecule has 3 aromatic carbocycles. The van der Waals surface area contributed by atoms with Crippen LogP contribution >= 0.6 is 11.3 Å². The maximum absolute atomic E-state index is 13.4. The van der Waals surface area contributed by atoms with Gasteiger partial charge in [-0.25, -0.2) is 0 Å². The number of allylic oxidation sites excluding steroid dienone is 2. The van der Waals surface area contributed by atoms with Crippen LogP contribution in [0.25, 0.3) is 42.2 Å². The predicted octanol–water partition coefficient (Wildman–Crippen LogP) is 12.4. The van der Waals surface area contributed by atoms with E-state index in [1.807, 2.05) is 52.0 Å². The van der Waals surface area contributed by atoms with E-state index in [-0.39, 0.29) is 49.0 Å². The molecule has 0 fully saturated rings. The third-order valence-corrected chi connectivity index (χ3v) is 10.2. The second kappa shape index (κ2) is 16.4. The van der Waals surface area contributed by atoms with Gasteiger partial charge in [-0.1, -0.05) is 76.8 Å². The first-order chi connectivity index (χ1) is 21.9. The Labute approximate surface area is 293 Å². The average molecular weight is 839 g/mol. The van der Waals surface area contributed by atoms with Gasteiger partial charge in [0, 0.05) is 64.7 Å². The zero-order chi connectivity index (χ0) is 33.8. The van der Waals surface area contributed by atoms with Gasteiger partial charge in [-0.2, -0.15) is 13.2 Å². The summed E-state index contributed by atoms with van der Waals surface area (Å²) in [4.78, 5) is 16.4. The summed E-state index contributed by atoms with van der Waals surface area (Å²) in [6, 6.07) is 18.4. The van der Waals surface area contributed by atoms with Crippen molar-refractivity contribution < 1.29 is 43.2 Å². The van der Waals surface area contributed by atoms with E-state index in [2.05, 4.69) is 37.0 Å². The number of aryl methyl sites for hydroxylation is 1. The van der Waals surface area contributed by atoms with Gasteiger partial charge in [0.1, 0.15) is 0 Å². The number of nitrogens with zero attached hydrogens (tertiary/aromatic N) is 1. The van der Waals surface area contributed by atoms with Crippen molar-refractivity contribution in [3.8, 4) is 11.3 Å². The molecule has 1 radical (unpaired) electrons. The number of aliphatic hydroxyl groups excluding tert-OH is 1. The van der Waals surface area contributed by atoms with Crippen LogP contribution in [0.3, 0.4) is 0 Å². The number of halogens is 3. The van der Waals surface area contributed by atoms with Crippen LogP contribution in [-0.2, 0) is 31.1 Å². The number of rotatable bonds is 9. The SMILES string of the molecule is CCC(CC)C(=O)/C=C(\O)C(CC)CC.Cc1c(C(F)(F)F)ccc2c1sc1c(-c3[c-]c4ccccc4c(C(C)C)c3)nccc12.[Ir]. The van der Waals surface area contributed by atoms with Crippen LogP contribution in [0.5, 0.6) is 0 Å². The summed E-state index contributed by atoms with van der Waals surface area (Å²) in [6.07, 6.45) is 2.27. The molecule has 0 spiro atoms. The van der Waals surface area contributed by atoms with Crippen LogP contribution in [0.2, 0.25) is 0 Å². The Balaban J connectivity index is 0.000000322. The summed E-state index contributed by atoms with van der Waals surface area (Å²) in [5.74, 6) is 0.863. The molecule has 0 aliphatic rings. The molecule has 0 amide bonds. The molecule has 5 rings (SSSR count). The van der Waals surface area contributed by atoms with Gasteiger partial charge in [0.15, 0.2) is 5.78 Å². The van der Waals surface area contributed by atoms with Crippen molar-refractivity contribution in [3.63, 3.8) is 0 Å². The molecule has 0 saturated carbocycles. The molecule has 0 atom stereocenters. The van der Waals surface area contributed by atoms with Crippen LogP contribution < -0.4 is 0 Å². The maximum atomic E-state index is 13.4. The van der Waals surface area contributed by atoms with Crippen molar-refractivity contribution in [1.82, 2.24) is 4.98 Å². The number of thiophene rings is 1. The summed E-state index contributed by atoms with van der Waals surface area (Å²) in [5, 5.41) is 13.7. The molecule has 8 heteroatoms. The Bertz CT molecular complexity index is 1870. The molecule has 0 saturated heterocycles. The average Bonchev–Trinajstić information content (AvgIpc) is 3.41. The Morgan fingerprint density at radius 3 is 2.13 bits per heavy atom. The molecule has 47 heavy (non-hydrogen) atoms. The number of alkyl halides is 3. The van der Waals surface area contributed by atoms with Gasteiger partial charge < -0.3 is 5.11 Å². The van der Waals surface area contributed by atoms with Crippen LogP contribution in [0.4, 0.5) is 13.2 Å². The largest absolute Gasteiger partial charge is 0.512 e. The van der Waals surface area contributed by atoms with E-state index in [1.54, 1.807) is 19.2 Å². The standard InChI is InChI=1S/C26H19F3NS.C13H24O2.Ir/c1-14(2)21-13-17(12-16-6-4-5-7-18(16)21)23-25-20(10-11-30-23)19-8-9-22(26(27,28)29)15(3)24(19)31-25;1-5-10(6-2)12(14)9-13(15)11(7-3)8-4;/h4-11,13-14H,1-3H3;9-11,14H,5-8H2,1-4H3;/q-1;;/b;12-9-;. The smallest absolute Gasteiger partial charge is 0.416 e. The van der Waals surface area contributed by atoms with E-state index in [9.17, 15) is 23.1 Å². The summed E-state index contributed by atoms with van der Waals surface area (Å²) in [7, 11) is 0. The third kappa shape index (κ3) is 8.33. The zero-order valence-corrected chi connectivity index (χ0v) is 31.2. The molecule has 0 aliphatic carbocycles. The molecule has 2 aromatic heterocycles. The molecule has 2 heterocycles. The molecule has 0 bridgehead atoms. The minimum absolute atomic E-state index is 0. The molecule has 3 nitrogen and oxygen atoms in total. The zero-order valence-electron chi connectivity index (χ0n) is 28.0. The van der Waals surface area contributed by atoms with Crippen LogP contribution in [-0.4, -0.2) is 15.9 Å². The van der Waals surface area contributed by atoms with Gasteiger partial charge in [-0.15, -0.1) is 40.5 Å². The first kappa shape index (κ1) is 38.4. The summed E-state index contributed by atoms with van der Waals surface area (Å²) in [5.41, 5.74) is 2.52. The van der Waals surface area contributed by atoms with Crippen molar-refractivity contribution in [3.05, 3.63) is 89.3 Å². The van der Waals surface area contributed by atoms with Gasteiger partial charge in [0.05, 0.1) is 11.3 Å². The topological polar surface area (TPSA) is 50.2 Å². The number of hydrogen-bond acceptors (Lipinski definition) is 4. The number of hydrogen-bond donors (Lipinski definition) is 1.